The Labute approximate surface area is 201 Å². The maximum atomic E-state index is 13.9. The summed E-state index contributed by atoms with van der Waals surface area (Å²) in [6.45, 7) is 6.96. The van der Waals surface area contributed by atoms with Crippen molar-refractivity contribution in [1.29, 1.82) is 0 Å². The van der Waals surface area contributed by atoms with Crippen molar-refractivity contribution >= 4 is 11.9 Å². The zero-order chi connectivity index (χ0) is 26.9. The Balaban J connectivity index is 3.20. The van der Waals surface area contributed by atoms with Crippen molar-refractivity contribution in [3.05, 3.63) is 59.0 Å². The molecule has 11 heteroatoms. The summed E-state index contributed by atoms with van der Waals surface area (Å²) in [4.78, 5) is 24.1. The number of hydrogen-bond acceptors (Lipinski definition) is 5. The van der Waals surface area contributed by atoms with Crippen molar-refractivity contribution in [2.45, 2.75) is 52.1 Å². The molecule has 1 aromatic rings. The molecule has 2 N–H and O–H groups in total. The van der Waals surface area contributed by atoms with Gasteiger partial charge in [0.05, 0.1) is 25.9 Å². The van der Waals surface area contributed by atoms with E-state index in [9.17, 15) is 32.3 Å². The summed E-state index contributed by atoms with van der Waals surface area (Å²) in [7, 11) is 2.76. The van der Waals surface area contributed by atoms with Gasteiger partial charge in [-0.25, -0.2) is 9.18 Å². The molecule has 0 saturated carbocycles. The maximum absolute atomic E-state index is 13.9. The largest absolute Gasteiger partial charge is 0.496 e. The number of ether oxygens (including phenoxy) is 3. The summed E-state index contributed by atoms with van der Waals surface area (Å²) >= 11 is 0. The standard InChI is InChI=1S/C24H29F4NO6/c1-13(2)35-21(23(31)32)10-16-9-17(20(34-6)11-19(16)33-5)12-29-22(30)18(15(4)25)8-7-14(3)24(26,27)28/h7-9,11,13,21H,3,10,12H2,1-2,4-6H3,(H,29,30)(H,31,32)/b8-7-,18-15-. The van der Waals surface area contributed by atoms with Crippen LogP contribution < -0.4 is 14.8 Å². The molecular weight excluding hydrogens is 474 g/mol. The fourth-order valence-electron chi connectivity index (χ4n) is 2.95. The van der Waals surface area contributed by atoms with Crippen LogP contribution in [0.2, 0.25) is 0 Å². The van der Waals surface area contributed by atoms with Crippen LogP contribution >= 0.6 is 0 Å². The summed E-state index contributed by atoms with van der Waals surface area (Å²) in [6.07, 6.45) is -5.10. The van der Waals surface area contributed by atoms with Gasteiger partial charge in [0.25, 0.3) is 5.91 Å². The number of carboxylic acids is 1. The molecule has 1 unspecified atom stereocenters. The summed E-state index contributed by atoms with van der Waals surface area (Å²) in [6, 6.07) is 3.04. The van der Waals surface area contributed by atoms with E-state index in [2.05, 4.69) is 11.9 Å². The van der Waals surface area contributed by atoms with Gasteiger partial charge in [0, 0.05) is 30.2 Å². The lowest BCUT2D eigenvalue weighted by molar-refractivity contribution is -0.153. The van der Waals surface area contributed by atoms with E-state index in [1.165, 1.54) is 20.3 Å². The van der Waals surface area contributed by atoms with E-state index in [4.69, 9.17) is 14.2 Å². The van der Waals surface area contributed by atoms with Gasteiger partial charge >= 0.3 is 12.1 Å². The van der Waals surface area contributed by atoms with Gasteiger partial charge in [-0.05, 0) is 44.6 Å². The van der Waals surface area contributed by atoms with Crippen molar-refractivity contribution in [2.24, 2.45) is 0 Å². The highest BCUT2D eigenvalue weighted by atomic mass is 19.4. The van der Waals surface area contributed by atoms with E-state index < -0.39 is 41.1 Å². The highest BCUT2D eigenvalue weighted by Crippen LogP contribution is 2.31. The van der Waals surface area contributed by atoms with Crippen LogP contribution in [0.1, 0.15) is 31.9 Å². The fraction of sp³-hybridized carbons (Fsp3) is 0.417. The molecule has 194 valence electrons. The topological polar surface area (TPSA) is 94.1 Å². The number of nitrogens with one attached hydrogen (secondary N) is 1. The second-order valence-corrected chi connectivity index (χ2v) is 7.68. The third-order valence-corrected chi connectivity index (χ3v) is 4.67. The SMILES string of the molecule is C=C(/C=C\C(C(=O)NCc1cc(CC(OC(C)C)C(=O)O)c(OC)cc1OC)=C(/C)F)C(F)(F)F. The molecule has 0 saturated heterocycles. The Morgan fingerprint density at radius 2 is 1.69 bits per heavy atom. The molecular formula is C24H29F4NO6. The van der Waals surface area contributed by atoms with Gasteiger partial charge in [0.15, 0.2) is 6.10 Å². The highest BCUT2D eigenvalue weighted by molar-refractivity contribution is 5.96. The summed E-state index contributed by atoms with van der Waals surface area (Å²) < 4.78 is 67.8. The normalized spacial score (nSPS) is 13.4. The lowest BCUT2D eigenvalue weighted by Gasteiger charge is -2.20. The maximum Gasteiger partial charge on any atom is 0.415 e. The molecule has 0 aliphatic carbocycles. The molecule has 0 heterocycles. The number of amides is 1. The number of benzene rings is 1. The number of rotatable bonds is 12. The van der Waals surface area contributed by atoms with Crippen molar-refractivity contribution < 1.29 is 46.5 Å². The first-order valence-corrected chi connectivity index (χ1v) is 10.4. The van der Waals surface area contributed by atoms with Gasteiger partial charge in [-0.3, -0.25) is 4.79 Å². The van der Waals surface area contributed by atoms with Crippen LogP contribution in [0.4, 0.5) is 17.6 Å². The lowest BCUT2D eigenvalue weighted by atomic mass is 10.0. The van der Waals surface area contributed by atoms with Crippen LogP contribution in [0, 0.1) is 0 Å². The van der Waals surface area contributed by atoms with Crippen LogP contribution in [-0.2, 0) is 27.3 Å². The number of allylic oxidation sites excluding steroid dienone is 3. The van der Waals surface area contributed by atoms with Gasteiger partial charge in [-0.1, -0.05) is 6.58 Å². The minimum atomic E-state index is -4.72. The van der Waals surface area contributed by atoms with Crippen LogP contribution in [0.3, 0.4) is 0 Å². The minimum Gasteiger partial charge on any atom is -0.496 e. The molecule has 0 aliphatic rings. The number of halogens is 4. The molecule has 1 aromatic carbocycles. The molecule has 1 atom stereocenters. The number of carboxylic acid groups (broad SMARTS) is 1. The molecule has 7 nitrogen and oxygen atoms in total. The van der Waals surface area contributed by atoms with Crippen molar-refractivity contribution in [3.63, 3.8) is 0 Å². The molecule has 0 radical (unpaired) electrons. The van der Waals surface area contributed by atoms with Crippen LogP contribution in [0.5, 0.6) is 11.5 Å². The van der Waals surface area contributed by atoms with E-state index in [1.54, 1.807) is 19.9 Å². The summed E-state index contributed by atoms with van der Waals surface area (Å²) in [5, 5.41) is 11.9. The van der Waals surface area contributed by atoms with E-state index in [0.29, 0.717) is 29.0 Å². The fourth-order valence-corrected chi connectivity index (χ4v) is 2.95. The summed E-state index contributed by atoms with van der Waals surface area (Å²) in [5.74, 6) is -2.53. The average molecular weight is 503 g/mol. The van der Waals surface area contributed by atoms with Gasteiger partial charge in [-0.15, -0.1) is 0 Å². The monoisotopic (exact) mass is 503 g/mol. The molecule has 0 bridgehead atoms. The van der Waals surface area contributed by atoms with E-state index in [0.717, 1.165) is 6.92 Å². The molecule has 0 aliphatic heterocycles. The predicted molar refractivity (Wildman–Crippen MR) is 121 cm³/mol. The number of methoxy groups -OCH3 is 2. The van der Waals surface area contributed by atoms with E-state index in [1.807, 2.05) is 0 Å². The van der Waals surface area contributed by atoms with Crippen LogP contribution in [0.15, 0.2) is 47.8 Å². The second-order valence-electron chi connectivity index (χ2n) is 7.68. The van der Waals surface area contributed by atoms with Gasteiger partial charge < -0.3 is 24.6 Å². The Morgan fingerprint density at radius 3 is 2.14 bits per heavy atom. The van der Waals surface area contributed by atoms with Crippen molar-refractivity contribution in [2.75, 3.05) is 14.2 Å². The van der Waals surface area contributed by atoms with Gasteiger partial charge in [-0.2, -0.15) is 13.2 Å². The number of alkyl halides is 3. The van der Waals surface area contributed by atoms with Gasteiger partial charge in [0.1, 0.15) is 17.3 Å². The zero-order valence-corrected chi connectivity index (χ0v) is 20.1. The predicted octanol–water partition coefficient (Wildman–Crippen LogP) is 4.66. The van der Waals surface area contributed by atoms with E-state index in [-0.39, 0.29) is 24.8 Å². The quantitative estimate of drug-likeness (QED) is 0.245. The molecule has 1 amide bonds. The first kappa shape index (κ1) is 29.7. The first-order chi connectivity index (χ1) is 16.2. The summed E-state index contributed by atoms with van der Waals surface area (Å²) in [5.41, 5.74) is -1.02. The third-order valence-electron chi connectivity index (χ3n) is 4.67. The number of carbonyl (C=O) groups excluding carboxylic acids is 1. The number of carbonyl (C=O) groups is 2. The smallest absolute Gasteiger partial charge is 0.415 e. The Hall–Kier alpha value is -3.34. The zero-order valence-electron chi connectivity index (χ0n) is 20.1. The highest BCUT2D eigenvalue weighted by Gasteiger charge is 2.30. The van der Waals surface area contributed by atoms with Crippen molar-refractivity contribution in [3.8, 4) is 11.5 Å². The second kappa shape index (κ2) is 12.9. The Morgan fingerprint density at radius 1 is 1.11 bits per heavy atom. The molecule has 0 spiro atoms. The van der Waals surface area contributed by atoms with Crippen molar-refractivity contribution in [1.82, 2.24) is 5.32 Å². The average Bonchev–Trinajstić information content (AvgIpc) is 2.75. The number of aliphatic carboxylic acids is 1. The van der Waals surface area contributed by atoms with Crippen LogP contribution in [0.25, 0.3) is 0 Å². The third kappa shape index (κ3) is 9.08. The Bertz CT molecular complexity index is 994. The lowest BCUT2D eigenvalue weighted by Crippen LogP contribution is -2.29. The van der Waals surface area contributed by atoms with Gasteiger partial charge in [0.2, 0.25) is 0 Å². The Kier molecular flexibility index (Phi) is 11.0. The number of hydrogen-bond donors (Lipinski definition) is 2. The van der Waals surface area contributed by atoms with Crippen LogP contribution in [-0.4, -0.2) is 49.6 Å². The molecule has 1 rings (SSSR count). The molecule has 0 aromatic heterocycles. The first-order valence-electron chi connectivity index (χ1n) is 10.4. The molecule has 35 heavy (non-hydrogen) atoms. The molecule has 0 fully saturated rings. The minimum absolute atomic E-state index is 0.0569. The van der Waals surface area contributed by atoms with E-state index >= 15 is 0 Å².